The molecule has 2 aliphatic heterocycles. The van der Waals surface area contributed by atoms with Crippen molar-refractivity contribution >= 4 is 58.5 Å². The number of hydrogen-bond donors (Lipinski definition) is 0. The Hall–Kier alpha value is -1.76. The van der Waals surface area contributed by atoms with Gasteiger partial charge in [0.2, 0.25) is 0 Å². The third-order valence-corrected chi connectivity index (χ3v) is 7.22. The molecule has 10 nitrogen and oxygen atoms in total. The Bertz CT molecular complexity index is 960. The third kappa shape index (κ3) is 4.71. The van der Waals surface area contributed by atoms with E-state index in [0.717, 1.165) is 10.1 Å². The molecule has 2 aliphatic rings. The van der Waals surface area contributed by atoms with Crippen LogP contribution < -0.4 is 0 Å². The Morgan fingerprint density at radius 1 is 0.839 bits per heavy atom. The molecule has 0 spiro atoms. The number of rotatable bonds is 6. The van der Waals surface area contributed by atoms with E-state index >= 15 is 0 Å². The predicted molar refractivity (Wildman–Crippen MR) is 119 cm³/mol. The summed E-state index contributed by atoms with van der Waals surface area (Å²) in [5, 5.41) is 19.4. The summed E-state index contributed by atoms with van der Waals surface area (Å²) in [6.45, 7) is 4.57. The van der Waals surface area contributed by atoms with E-state index in [9.17, 15) is 0 Å². The second kappa shape index (κ2) is 9.39. The minimum absolute atomic E-state index is 0.129. The molecule has 0 saturated heterocycles. The molecular weight excluding hydrogens is 487 g/mol. The highest BCUT2D eigenvalue weighted by Crippen LogP contribution is 2.36. The molecule has 2 unspecified atom stereocenters. The molecule has 14 heteroatoms. The van der Waals surface area contributed by atoms with E-state index in [4.69, 9.17) is 42.4 Å². The number of thioether (sulfide) groups is 2. The van der Waals surface area contributed by atoms with E-state index in [2.05, 4.69) is 20.5 Å². The lowest BCUT2D eigenvalue weighted by Crippen LogP contribution is -2.25. The number of halogens is 2. The van der Waals surface area contributed by atoms with Gasteiger partial charge in [0.05, 0.1) is 5.08 Å². The van der Waals surface area contributed by atoms with Gasteiger partial charge in [-0.15, -0.1) is 0 Å². The van der Waals surface area contributed by atoms with Crippen LogP contribution in [0.2, 0.25) is 10.3 Å². The van der Waals surface area contributed by atoms with Gasteiger partial charge in [0.25, 0.3) is 11.8 Å². The van der Waals surface area contributed by atoms with Crippen molar-refractivity contribution in [3.8, 4) is 0 Å². The summed E-state index contributed by atoms with van der Waals surface area (Å²) in [4.78, 5) is 10.5. The first-order valence-electron chi connectivity index (χ1n) is 9.29. The average molecular weight is 507 g/mol. The van der Waals surface area contributed by atoms with Crippen molar-refractivity contribution in [1.29, 1.82) is 0 Å². The Labute approximate surface area is 197 Å². The van der Waals surface area contributed by atoms with Crippen LogP contribution >= 0.6 is 46.7 Å². The highest BCUT2D eigenvalue weighted by molar-refractivity contribution is 8.16. The van der Waals surface area contributed by atoms with Gasteiger partial charge in [-0.1, -0.05) is 46.7 Å². The van der Waals surface area contributed by atoms with Crippen molar-refractivity contribution in [2.75, 3.05) is 18.3 Å². The standard InChI is InChI=1S/C17H20Cl2N6O4S2/c1-8-5-26-22-14(28-8)10-12(18)20-24(3)16(10)30-7-31-17-11(13(19)21-25(17)4)15-23-27-6-9(2)29-15/h8-9H,5-7H2,1-4H3. The summed E-state index contributed by atoms with van der Waals surface area (Å²) in [6.07, 6.45) is -0.257. The van der Waals surface area contributed by atoms with E-state index < -0.39 is 0 Å². The molecule has 0 aromatic carbocycles. The molecule has 0 aliphatic carbocycles. The van der Waals surface area contributed by atoms with Gasteiger partial charge in [-0.05, 0) is 24.2 Å². The summed E-state index contributed by atoms with van der Waals surface area (Å²) in [6, 6.07) is 0. The van der Waals surface area contributed by atoms with Crippen molar-refractivity contribution in [3.63, 3.8) is 0 Å². The molecule has 31 heavy (non-hydrogen) atoms. The van der Waals surface area contributed by atoms with Gasteiger partial charge in [0, 0.05) is 14.1 Å². The number of ether oxygens (including phenoxy) is 2. The molecule has 4 heterocycles. The highest BCUT2D eigenvalue weighted by atomic mass is 35.5. The van der Waals surface area contributed by atoms with Crippen molar-refractivity contribution in [3.05, 3.63) is 21.4 Å². The van der Waals surface area contributed by atoms with Gasteiger partial charge in [-0.2, -0.15) is 10.2 Å². The minimum atomic E-state index is -0.129. The van der Waals surface area contributed by atoms with Crippen LogP contribution in [0.4, 0.5) is 0 Å². The van der Waals surface area contributed by atoms with Gasteiger partial charge in [0.1, 0.15) is 33.4 Å². The summed E-state index contributed by atoms with van der Waals surface area (Å²) >= 11 is 15.7. The first-order valence-corrected chi connectivity index (χ1v) is 12.0. The van der Waals surface area contributed by atoms with Gasteiger partial charge in [-0.3, -0.25) is 9.36 Å². The van der Waals surface area contributed by atoms with Gasteiger partial charge >= 0.3 is 0 Å². The maximum absolute atomic E-state index is 6.35. The molecule has 2 aromatic rings. The number of nitrogens with zero attached hydrogens (tertiary/aromatic N) is 6. The molecule has 168 valence electrons. The molecule has 2 aromatic heterocycles. The van der Waals surface area contributed by atoms with Gasteiger partial charge in [-0.25, -0.2) is 0 Å². The molecular formula is C17H20Cl2N6O4S2. The van der Waals surface area contributed by atoms with Crippen molar-refractivity contribution in [2.45, 2.75) is 36.1 Å². The van der Waals surface area contributed by atoms with Crippen molar-refractivity contribution in [1.82, 2.24) is 19.6 Å². The molecule has 2 atom stereocenters. The molecule has 0 fully saturated rings. The molecule has 0 radical (unpaired) electrons. The van der Waals surface area contributed by atoms with Crippen LogP contribution in [0.15, 0.2) is 20.4 Å². The monoisotopic (exact) mass is 506 g/mol. The van der Waals surface area contributed by atoms with Crippen LogP contribution in [0.5, 0.6) is 0 Å². The van der Waals surface area contributed by atoms with E-state index in [1.807, 2.05) is 27.9 Å². The predicted octanol–water partition coefficient (Wildman–Crippen LogP) is 3.50. The second-order valence-electron chi connectivity index (χ2n) is 6.84. The molecule has 0 N–H and O–H groups in total. The molecule has 0 amide bonds. The van der Waals surface area contributed by atoms with Crippen LogP contribution in [-0.4, -0.2) is 61.9 Å². The Kier molecular flexibility index (Phi) is 6.80. The fraction of sp³-hybridized carbons (Fsp3) is 0.529. The van der Waals surface area contributed by atoms with E-state index in [0.29, 0.717) is 51.5 Å². The second-order valence-corrected chi connectivity index (χ2v) is 9.85. The lowest BCUT2D eigenvalue weighted by Gasteiger charge is -2.20. The maximum atomic E-state index is 6.35. The normalized spacial score (nSPS) is 20.8. The molecule has 0 bridgehead atoms. The van der Waals surface area contributed by atoms with Crippen LogP contribution in [-0.2, 0) is 33.2 Å². The lowest BCUT2D eigenvalue weighted by atomic mass is 10.3. The zero-order valence-electron chi connectivity index (χ0n) is 17.2. The zero-order chi connectivity index (χ0) is 22.1. The number of aryl methyl sites for hydroxylation is 2. The number of aromatic nitrogens is 4. The Morgan fingerprint density at radius 3 is 1.65 bits per heavy atom. The smallest absolute Gasteiger partial charge is 0.263 e. The SMILES string of the molecule is CC1CON=C(c2c(Cl)nn(C)c2SCSc2c(C3=NOCC(C)O3)c(Cl)nn2C)O1. The Morgan fingerprint density at radius 2 is 1.26 bits per heavy atom. The van der Waals surface area contributed by atoms with Gasteiger partial charge in [0.15, 0.2) is 23.5 Å². The first kappa shape index (κ1) is 22.4. The van der Waals surface area contributed by atoms with Crippen LogP contribution in [0.1, 0.15) is 25.0 Å². The minimum Gasteiger partial charge on any atom is -0.468 e. The lowest BCUT2D eigenvalue weighted by molar-refractivity contribution is 0.0194. The van der Waals surface area contributed by atoms with Crippen LogP contribution in [0.25, 0.3) is 0 Å². The van der Waals surface area contributed by atoms with Crippen LogP contribution in [0, 0.1) is 0 Å². The molecule has 0 saturated carbocycles. The number of oxime groups is 2. The van der Waals surface area contributed by atoms with E-state index in [1.54, 1.807) is 9.36 Å². The fourth-order valence-corrected chi connectivity index (χ4v) is 5.81. The summed E-state index contributed by atoms with van der Waals surface area (Å²) in [7, 11) is 3.62. The van der Waals surface area contributed by atoms with Crippen molar-refractivity contribution in [2.24, 2.45) is 24.4 Å². The molecule has 4 rings (SSSR count). The van der Waals surface area contributed by atoms with Crippen molar-refractivity contribution < 1.29 is 19.1 Å². The largest absolute Gasteiger partial charge is 0.468 e. The summed E-state index contributed by atoms with van der Waals surface area (Å²) in [5.74, 6) is 0.648. The fourth-order valence-electron chi connectivity index (χ4n) is 2.89. The highest BCUT2D eigenvalue weighted by Gasteiger charge is 2.29. The van der Waals surface area contributed by atoms with Crippen LogP contribution in [0.3, 0.4) is 0 Å². The van der Waals surface area contributed by atoms with E-state index in [-0.39, 0.29) is 12.2 Å². The zero-order valence-corrected chi connectivity index (χ0v) is 20.3. The quantitative estimate of drug-likeness (QED) is 0.433. The Balaban J connectivity index is 1.54. The number of hydrogen-bond acceptors (Lipinski definition) is 10. The maximum Gasteiger partial charge on any atom is 0.263 e. The summed E-state index contributed by atoms with van der Waals surface area (Å²) < 4.78 is 15.0. The topological polar surface area (TPSA) is 97.3 Å². The first-order chi connectivity index (χ1) is 14.8. The van der Waals surface area contributed by atoms with Gasteiger partial charge < -0.3 is 19.1 Å². The average Bonchev–Trinajstić information content (AvgIpc) is 3.16. The van der Waals surface area contributed by atoms with E-state index in [1.165, 1.54) is 23.5 Å². The third-order valence-electron chi connectivity index (χ3n) is 4.26. The summed E-state index contributed by atoms with van der Waals surface area (Å²) in [5.41, 5.74) is 1.21.